The number of hydrogen-bond acceptors (Lipinski definition) is 3. The first-order valence-corrected chi connectivity index (χ1v) is 4.99. The fourth-order valence-electron chi connectivity index (χ4n) is 1.25. The van der Waals surface area contributed by atoms with Crippen LogP contribution >= 0.6 is 0 Å². The summed E-state index contributed by atoms with van der Waals surface area (Å²) in [5.74, 6) is 1.36. The van der Waals surface area contributed by atoms with Gasteiger partial charge in [0.25, 0.3) is 5.82 Å². The Morgan fingerprint density at radius 2 is 2.07 bits per heavy atom. The molecule has 1 rings (SSSR count). The molecule has 1 aromatic rings. The highest BCUT2D eigenvalue weighted by atomic mass is 16.9. The van der Waals surface area contributed by atoms with Gasteiger partial charge in [-0.1, -0.05) is 13.3 Å². The summed E-state index contributed by atoms with van der Waals surface area (Å²) in [6.45, 7) is 5.46. The number of imidazole rings is 1. The minimum Gasteiger partial charge on any atom is -0.356 e. The molecule has 6 heteroatoms. The number of nitrogens with zero attached hydrogens (tertiary/aromatic N) is 2. The molecule has 1 aromatic heterocycles. The fourth-order valence-corrected chi connectivity index (χ4v) is 1.25. The summed E-state index contributed by atoms with van der Waals surface area (Å²) in [5, 5.41) is 14.8. The summed E-state index contributed by atoms with van der Waals surface area (Å²) in [5.41, 5.74) is 0. The van der Waals surface area contributed by atoms with E-state index in [-0.39, 0.29) is 0 Å². The van der Waals surface area contributed by atoms with Crippen molar-refractivity contribution in [2.75, 3.05) is 0 Å². The van der Waals surface area contributed by atoms with Crippen LogP contribution in [0.25, 0.3) is 0 Å². The van der Waals surface area contributed by atoms with Crippen LogP contribution in [0.1, 0.15) is 32.5 Å². The summed E-state index contributed by atoms with van der Waals surface area (Å²) >= 11 is 0. The Balaban J connectivity index is 0.000000423. The third-order valence-electron chi connectivity index (χ3n) is 1.96. The number of rotatable bonds is 4. The minimum atomic E-state index is -1.75. The number of hydrogen-bond donors (Lipinski definition) is 1. The topological polar surface area (TPSA) is 85.9 Å². The molecular formula is C9H17N3O3. The van der Waals surface area contributed by atoms with Crippen LogP contribution in [-0.2, 0) is 13.0 Å². The van der Waals surface area contributed by atoms with Crippen molar-refractivity contribution in [3.05, 3.63) is 33.5 Å². The van der Waals surface area contributed by atoms with E-state index in [0.29, 0.717) is 0 Å². The van der Waals surface area contributed by atoms with Gasteiger partial charge in [0.05, 0.1) is 11.6 Å². The highest BCUT2D eigenvalue weighted by molar-refractivity contribution is 4.76. The molecule has 0 unspecified atom stereocenters. The van der Waals surface area contributed by atoms with Crippen molar-refractivity contribution in [2.24, 2.45) is 0 Å². The van der Waals surface area contributed by atoms with Gasteiger partial charge in [0, 0.05) is 6.42 Å². The van der Waals surface area contributed by atoms with Crippen molar-refractivity contribution >= 4 is 0 Å². The van der Waals surface area contributed by atoms with Gasteiger partial charge in [-0.05, 0) is 13.3 Å². The van der Waals surface area contributed by atoms with Gasteiger partial charge >= 0.3 is 0 Å². The van der Waals surface area contributed by atoms with E-state index in [0.717, 1.165) is 6.54 Å². The monoisotopic (exact) mass is 215 g/mol. The number of aromatic amines is 1. The molecule has 0 aliphatic carbocycles. The van der Waals surface area contributed by atoms with Crippen LogP contribution in [0, 0.1) is 15.3 Å². The standard InChI is InChI=1S/C9H16N2.NO3/c1-3-5-6-9-10-7-8-11(9)4-2;2-1(3)4/h7-8H,3-6H2,1-2H3;/q;-1/p+1. The lowest BCUT2D eigenvalue weighted by molar-refractivity contribution is -0.699. The third-order valence-corrected chi connectivity index (χ3v) is 1.96. The number of H-pyrrole nitrogens is 1. The van der Waals surface area contributed by atoms with Crippen molar-refractivity contribution in [1.29, 1.82) is 0 Å². The zero-order valence-corrected chi connectivity index (χ0v) is 9.10. The van der Waals surface area contributed by atoms with Crippen LogP contribution in [-0.4, -0.2) is 10.1 Å². The normalized spacial score (nSPS) is 9.20. The van der Waals surface area contributed by atoms with Crippen molar-refractivity contribution in [3.8, 4) is 0 Å². The van der Waals surface area contributed by atoms with Gasteiger partial charge in [0.1, 0.15) is 12.4 Å². The summed E-state index contributed by atoms with van der Waals surface area (Å²) in [6, 6.07) is 0. The third kappa shape index (κ3) is 6.48. The summed E-state index contributed by atoms with van der Waals surface area (Å²) < 4.78 is 2.26. The van der Waals surface area contributed by atoms with Gasteiger partial charge in [0.15, 0.2) is 0 Å². The highest BCUT2D eigenvalue weighted by Crippen LogP contribution is 1.95. The molecule has 0 spiro atoms. The van der Waals surface area contributed by atoms with Crippen LogP contribution in [0.5, 0.6) is 0 Å². The van der Waals surface area contributed by atoms with Crippen LogP contribution in [0.2, 0.25) is 0 Å². The Labute approximate surface area is 88.7 Å². The van der Waals surface area contributed by atoms with Crippen LogP contribution in [0.3, 0.4) is 0 Å². The Morgan fingerprint density at radius 1 is 1.47 bits per heavy atom. The van der Waals surface area contributed by atoms with Crippen LogP contribution in [0.15, 0.2) is 12.4 Å². The van der Waals surface area contributed by atoms with E-state index in [1.54, 1.807) is 0 Å². The van der Waals surface area contributed by atoms with Crippen molar-refractivity contribution in [3.63, 3.8) is 0 Å². The van der Waals surface area contributed by atoms with E-state index in [2.05, 4.69) is 29.6 Å². The molecule has 0 bridgehead atoms. The molecule has 0 aliphatic rings. The van der Waals surface area contributed by atoms with Crippen LogP contribution in [0.4, 0.5) is 0 Å². The van der Waals surface area contributed by atoms with Crippen molar-refractivity contribution in [2.45, 2.75) is 39.7 Å². The quantitative estimate of drug-likeness (QED) is 0.468. The van der Waals surface area contributed by atoms with E-state index in [1.165, 1.54) is 25.1 Å². The maximum absolute atomic E-state index is 8.25. The smallest absolute Gasteiger partial charge is 0.254 e. The minimum absolute atomic E-state index is 1.07. The number of nitrogens with one attached hydrogen (secondary N) is 1. The average molecular weight is 215 g/mol. The first-order chi connectivity index (χ1) is 7.11. The second kappa shape index (κ2) is 7.78. The second-order valence-corrected chi connectivity index (χ2v) is 3.02. The number of unbranched alkanes of at least 4 members (excludes halogenated alkanes) is 1. The van der Waals surface area contributed by atoms with E-state index in [1.807, 2.05) is 6.20 Å². The van der Waals surface area contributed by atoms with Gasteiger partial charge in [-0.15, -0.1) is 0 Å². The molecule has 0 fully saturated rings. The summed E-state index contributed by atoms with van der Waals surface area (Å²) in [4.78, 5) is 11.5. The molecule has 1 N–H and O–H groups in total. The SMILES string of the molecule is CCCCc1[nH]cc[n+]1CC.O=[N+]([O-])[O-]. The predicted octanol–water partition coefficient (Wildman–Crippen LogP) is 1.43. The number of aromatic nitrogens is 2. The molecule has 0 amide bonds. The molecule has 0 atom stereocenters. The maximum atomic E-state index is 8.25. The molecule has 0 aliphatic heterocycles. The molecule has 86 valence electrons. The lowest BCUT2D eigenvalue weighted by Crippen LogP contribution is -2.34. The van der Waals surface area contributed by atoms with Gasteiger partial charge < -0.3 is 15.3 Å². The van der Waals surface area contributed by atoms with Crippen LogP contribution < -0.4 is 4.57 Å². The zero-order valence-electron chi connectivity index (χ0n) is 9.10. The molecule has 0 saturated carbocycles. The molecule has 0 saturated heterocycles. The van der Waals surface area contributed by atoms with Crippen molar-refractivity contribution < 1.29 is 9.65 Å². The fraction of sp³-hybridized carbons (Fsp3) is 0.667. The Kier molecular flexibility index (Phi) is 6.96. The van der Waals surface area contributed by atoms with E-state index in [9.17, 15) is 0 Å². The molecule has 0 radical (unpaired) electrons. The largest absolute Gasteiger partial charge is 0.356 e. The van der Waals surface area contributed by atoms with E-state index >= 15 is 0 Å². The first-order valence-electron chi connectivity index (χ1n) is 4.99. The molecule has 15 heavy (non-hydrogen) atoms. The zero-order chi connectivity index (χ0) is 11.7. The first kappa shape index (κ1) is 13.4. The maximum Gasteiger partial charge on any atom is 0.254 e. The summed E-state index contributed by atoms with van der Waals surface area (Å²) in [6.07, 6.45) is 7.83. The van der Waals surface area contributed by atoms with Gasteiger partial charge in [-0.2, -0.15) is 0 Å². The molecule has 0 aromatic carbocycles. The lowest BCUT2D eigenvalue weighted by atomic mass is 10.2. The highest BCUT2D eigenvalue weighted by Gasteiger charge is 2.06. The molecule has 1 heterocycles. The van der Waals surface area contributed by atoms with Gasteiger partial charge in [0.2, 0.25) is 0 Å². The molecular weight excluding hydrogens is 198 g/mol. The Hall–Kier alpha value is -1.59. The summed E-state index contributed by atoms with van der Waals surface area (Å²) in [7, 11) is 0. The van der Waals surface area contributed by atoms with E-state index < -0.39 is 5.09 Å². The predicted molar refractivity (Wildman–Crippen MR) is 55.6 cm³/mol. The average Bonchev–Trinajstić information content (AvgIpc) is 2.60. The number of aryl methyl sites for hydroxylation is 2. The van der Waals surface area contributed by atoms with Crippen molar-refractivity contribution in [1.82, 2.24) is 4.98 Å². The van der Waals surface area contributed by atoms with E-state index in [4.69, 9.17) is 15.3 Å². The Morgan fingerprint density at radius 3 is 2.53 bits per heavy atom. The Bertz CT molecular complexity index is 282. The lowest BCUT2D eigenvalue weighted by Gasteiger charge is -1.94. The van der Waals surface area contributed by atoms with Gasteiger partial charge in [-0.25, -0.2) is 9.55 Å². The molecule has 6 nitrogen and oxygen atoms in total. The second-order valence-electron chi connectivity index (χ2n) is 3.02. The van der Waals surface area contributed by atoms with Gasteiger partial charge in [-0.3, -0.25) is 0 Å².